The van der Waals surface area contributed by atoms with Gasteiger partial charge in [0.2, 0.25) is 0 Å². The summed E-state index contributed by atoms with van der Waals surface area (Å²) in [7, 11) is 0. The Balaban J connectivity index is 2.07. The molecule has 0 aromatic rings. The number of amidine groups is 1. The highest BCUT2D eigenvalue weighted by atomic mass is 16.4. The number of hydrogen-bond donors (Lipinski definition) is 3. The van der Waals surface area contributed by atoms with Gasteiger partial charge in [-0.2, -0.15) is 0 Å². The lowest BCUT2D eigenvalue weighted by molar-refractivity contribution is 0.158. The Kier molecular flexibility index (Phi) is 7.05. The summed E-state index contributed by atoms with van der Waals surface area (Å²) in [6.07, 6.45) is 5.82. The average molecular weight is 256 g/mol. The fourth-order valence-corrected chi connectivity index (χ4v) is 2.55. The zero-order valence-corrected chi connectivity index (χ0v) is 11.7. The van der Waals surface area contributed by atoms with Gasteiger partial charge in [0.25, 0.3) is 0 Å². The summed E-state index contributed by atoms with van der Waals surface area (Å²) < 4.78 is 0. The molecule has 5 nitrogen and oxygen atoms in total. The zero-order chi connectivity index (χ0) is 13.4. The molecular weight excluding hydrogens is 228 g/mol. The predicted octanol–water partition coefficient (Wildman–Crippen LogP) is 1.37. The molecule has 1 heterocycles. The van der Waals surface area contributed by atoms with Crippen molar-refractivity contribution in [1.82, 2.24) is 10.2 Å². The Hall–Kier alpha value is -0.810. The fraction of sp³-hybridized carbons (Fsp3) is 0.923. The molecule has 0 aromatic carbocycles. The SMILES string of the molecule is CC(CC(N)=NO)NCCCN1CCCCC1C. The van der Waals surface area contributed by atoms with Crippen LogP contribution in [0.15, 0.2) is 5.16 Å². The van der Waals surface area contributed by atoms with Crippen molar-refractivity contribution in [3.8, 4) is 0 Å². The van der Waals surface area contributed by atoms with Crippen molar-refractivity contribution < 1.29 is 5.21 Å². The second-order valence-electron chi connectivity index (χ2n) is 5.38. The molecule has 0 bridgehead atoms. The van der Waals surface area contributed by atoms with E-state index in [1.54, 1.807) is 0 Å². The number of likely N-dealkylation sites (tertiary alicyclic amines) is 1. The van der Waals surface area contributed by atoms with Gasteiger partial charge < -0.3 is 21.2 Å². The molecule has 18 heavy (non-hydrogen) atoms. The Morgan fingerprint density at radius 2 is 2.33 bits per heavy atom. The van der Waals surface area contributed by atoms with Gasteiger partial charge >= 0.3 is 0 Å². The first-order valence-electron chi connectivity index (χ1n) is 7.07. The Morgan fingerprint density at radius 1 is 1.56 bits per heavy atom. The maximum Gasteiger partial charge on any atom is 0.140 e. The number of hydrogen-bond acceptors (Lipinski definition) is 4. The lowest BCUT2D eigenvalue weighted by atomic mass is 10.0. The van der Waals surface area contributed by atoms with E-state index in [1.807, 2.05) is 0 Å². The van der Waals surface area contributed by atoms with Crippen molar-refractivity contribution in [2.45, 2.75) is 58.0 Å². The van der Waals surface area contributed by atoms with Gasteiger partial charge in [0.15, 0.2) is 0 Å². The maximum atomic E-state index is 8.48. The standard InChI is InChI=1S/C13H28N4O/c1-11(10-13(14)16-18)15-7-5-9-17-8-4-3-6-12(17)2/h11-12,15,18H,3-10H2,1-2H3,(H2,14,16). The molecule has 1 rings (SSSR count). The van der Waals surface area contributed by atoms with Crippen LogP contribution >= 0.6 is 0 Å². The van der Waals surface area contributed by atoms with Crippen molar-refractivity contribution >= 4 is 5.84 Å². The molecular formula is C13H28N4O. The molecule has 1 saturated heterocycles. The molecule has 0 aromatic heterocycles. The van der Waals surface area contributed by atoms with E-state index >= 15 is 0 Å². The van der Waals surface area contributed by atoms with Gasteiger partial charge in [0.05, 0.1) is 0 Å². The van der Waals surface area contributed by atoms with E-state index in [4.69, 9.17) is 10.9 Å². The van der Waals surface area contributed by atoms with Crippen LogP contribution in [0.2, 0.25) is 0 Å². The second kappa shape index (κ2) is 8.32. The molecule has 0 aliphatic carbocycles. The summed E-state index contributed by atoms with van der Waals surface area (Å²) in [6.45, 7) is 7.80. The van der Waals surface area contributed by atoms with Crippen LogP contribution in [0.4, 0.5) is 0 Å². The molecule has 4 N–H and O–H groups in total. The van der Waals surface area contributed by atoms with Crippen LogP contribution in [-0.4, -0.2) is 47.7 Å². The monoisotopic (exact) mass is 256 g/mol. The Bertz CT molecular complexity index is 257. The number of rotatable bonds is 7. The van der Waals surface area contributed by atoms with Crippen LogP contribution < -0.4 is 11.1 Å². The van der Waals surface area contributed by atoms with Gasteiger partial charge in [-0.25, -0.2) is 0 Å². The summed E-state index contributed by atoms with van der Waals surface area (Å²) in [5, 5.41) is 14.9. The highest BCUT2D eigenvalue weighted by Crippen LogP contribution is 2.16. The third-order valence-electron chi connectivity index (χ3n) is 3.70. The minimum absolute atomic E-state index is 0.264. The van der Waals surface area contributed by atoms with Gasteiger partial charge in [-0.1, -0.05) is 11.6 Å². The summed E-state index contributed by atoms with van der Waals surface area (Å²) >= 11 is 0. The van der Waals surface area contributed by atoms with Crippen molar-refractivity contribution in [2.75, 3.05) is 19.6 Å². The number of nitrogens with one attached hydrogen (secondary N) is 1. The summed E-state index contributed by atoms with van der Waals surface area (Å²) in [4.78, 5) is 2.58. The van der Waals surface area contributed by atoms with Crippen LogP contribution in [0.1, 0.15) is 46.0 Å². The van der Waals surface area contributed by atoms with Gasteiger partial charge in [0.1, 0.15) is 5.84 Å². The minimum Gasteiger partial charge on any atom is -0.409 e. The quantitative estimate of drug-likeness (QED) is 0.211. The predicted molar refractivity (Wildman–Crippen MR) is 75.0 cm³/mol. The zero-order valence-electron chi connectivity index (χ0n) is 11.7. The fourth-order valence-electron chi connectivity index (χ4n) is 2.55. The largest absolute Gasteiger partial charge is 0.409 e. The molecule has 5 heteroatoms. The van der Waals surface area contributed by atoms with E-state index in [2.05, 4.69) is 29.2 Å². The summed E-state index contributed by atoms with van der Waals surface area (Å²) in [5.41, 5.74) is 5.46. The summed E-state index contributed by atoms with van der Waals surface area (Å²) in [6, 6.07) is 1.01. The number of piperidine rings is 1. The molecule has 106 valence electrons. The highest BCUT2D eigenvalue weighted by molar-refractivity contribution is 5.80. The lowest BCUT2D eigenvalue weighted by Crippen LogP contribution is -2.39. The van der Waals surface area contributed by atoms with E-state index in [0.717, 1.165) is 19.0 Å². The second-order valence-corrected chi connectivity index (χ2v) is 5.38. The van der Waals surface area contributed by atoms with E-state index in [1.165, 1.54) is 32.4 Å². The summed E-state index contributed by atoms with van der Waals surface area (Å²) in [5.74, 6) is 0.291. The first kappa shape index (κ1) is 15.2. The average Bonchev–Trinajstić information content (AvgIpc) is 2.36. The van der Waals surface area contributed by atoms with E-state index in [9.17, 15) is 0 Å². The van der Waals surface area contributed by atoms with E-state index in [-0.39, 0.29) is 6.04 Å². The molecule has 1 aliphatic rings. The van der Waals surface area contributed by atoms with Crippen molar-refractivity contribution in [3.05, 3.63) is 0 Å². The molecule has 1 fully saturated rings. The number of oxime groups is 1. The molecule has 0 saturated carbocycles. The molecule has 0 spiro atoms. The molecule has 2 unspecified atom stereocenters. The smallest absolute Gasteiger partial charge is 0.140 e. The van der Waals surface area contributed by atoms with Crippen molar-refractivity contribution in [2.24, 2.45) is 10.9 Å². The topological polar surface area (TPSA) is 73.9 Å². The van der Waals surface area contributed by atoms with Crippen molar-refractivity contribution in [3.63, 3.8) is 0 Å². The van der Waals surface area contributed by atoms with Crippen LogP contribution in [0.5, 0.6) is 0 Å². The molecule has 2 atom stereocenters. The lowest BCUT2D eigenvalue weighted by Gasteiger charge is -2.33. The van der Waals surface area contributed by atoms with E-state index in [0.29, 0.717) is 12.3 Å². The number of nitrogens with zero attached hydrogens (tertiary/aromatic N) is 2. The highest BCUT2D eigenvalue weighted by Gasteiger charge is 2.17. The van der Waals surface area contributed by atoms with Gasteiger partial charge in [0, 0.05) is 18.5 Å². The first-order valence-corrected chi connectivity index (χ1v) is 7.07. The van der Waals surface area contributed by atoms with Crippen LogP contribution in [0.25, 0.3) is 0 Å². The Morgan fingerprint density at radius 3 is 3.00 bits per heavy atom. The molecule has 0 amide bonds. The third kappa shape index (κ3) is 5.69. The van der Waals surface area contributed by atoms with Gasteiger partial charge in [-0.05, 0) is 52.7 Å². The van der Waals surface area contributed by atoms with Gasteiger partial charge in [-0.15, -0.1) is 0 Å². The molecule has 0 radical (unpaired) electrons. The van der Waals surface area contributed by atoms with E-state index < -0.39 is 0 Å². The molecule has 1 aliphatic heterocycles. The Labute approximate surface area is 110 Å². The van der Waals surface area contributed by atoms with Crippen LogP contribution in [0.3, 0.4) is 0 Å². The minimum atomic E-state index is 0.264. The van der Waals surface area contributed by atoms with Crippen LogP contribution in [0, 0.1) is 0 Å². The van der Waals surface area contributed by atoms with Crippen LogP contribution in [-0.2, 0) is 0 Å². The van der Waals surface area contributed by atoms with Gasteiger partial charge in [-0.3, -0.25) is 0 Å². The maximum absolute atomic E-state index is 8.48. The van der Waals surface area contributed by atoms with Crippen molar-refractivity contribution in [1.29, 1.82) is 0 Å². The third-order valence-corrected chi connectivity index (χ3v) is 3.70. The first-order chi connectivity index (χ1) is 8.63. The number of nitrogens with two attached hydrogens (primary N) is 1. The normalized spacial score (nSPS) is 24.1.